The van der Waals surface area contributed by atoms with Crippen molar-refractivity contribution in [1.82, 2.24) is 4.90 Å². The molecule has 0 radical (unpaired) electrons. The fourth-order valence-electron chi connectivity index (χ4n) is 11.2. The number of nitrogens with zero attached hydrogens (tertiary/aromatic N) is 4. The van der Waals surface area contributed by atoms with Crippen LogP contribution in [0.2, 0.25) is 0 Å². The molecule has 5 N–H and O–H groups in total. The van der Waals surface area contributed by atoms with E-state index in [1.54, 1.807) is 42.2 Å². The molecule has 92 heavy (non-hydrogen) atoms. The molecule has 3 aromatic rings. The Labute approximate surface area is 533 Å². The first-order valence-electron chi connectivity index (χ1n) is 29.7. The van der Waals surface area contributed by atoms with Gasteiger partial charge in [-0.15, -0.1) is 0 Å². The number of hydrogen-bond donors (Lipinski definition) is 4. The molecular formula is C59H81N5O26S2. The number of ether oxygens (including phenoxy) is 13. The van der Waals surface area contributed by atoms with E-state index in [-0.39, 0.29) is 19.8 Å². The highest BCUT2D eigenvalue weighted by molar-refractivity contribution is 7.81. The second-order valence-corrected chi connectivity index (χ2v) is 24.8. The van der Waals surface area contributed by atoms with Crippen LogP contribution in [-0.4, -0.2) is 198 Å². The van der Waals surface area contributed by atoms with Crippen LogP contribution in [0, 0.1) is 17.8 Å². The van der Waals surface area contributed by atoms with Gasteiger partial charge in [0.1, 0.15) is 37.1 Å². The van der Waals surface area contributed by atoms with Crippen LogP contribution in [0.15, 0.2) is 96.1 Å². The summed E-state index contributed by atoms with van der Waals surface area (Å²) >= 11 is 0. The summed E-state index contributed by atoms with van der Waals surface area (Å²) < 4.78 is 156. The minimum atomic E-state index is -5.22. The number of hydrogen-bond acceptors (Lipinski definition) is 26. The number of methoxy groups -OCH3 is 1. The van der Waals surface area contributed by atoms with Gasteiger partial charge in [0.05, 0.1) is 57.3 Å². The molecule has 4 aliphatic rings. The summed E-state index contributed by atoms with van der Waals surface area (Å²) in [7, 11) is -9.31. The van der Waals surface area contributed by atoms with Gasteiger partial charge < -0.3 is 77.3 Å². The molecule has 3 aromatic carbocycles. The molecule has 4 heterocycles. The van der Waals surface area contributed by atoms with Crippen molar-refractivity contribution >= 4 is 44.8 Å². The number of azide groups is 1. The molecule has 0 saturated carbocycles. The quantitative estimate of drug-likeness (QED) is 0.0134. The maximum atomic E-state index is 14.0. The number of rotatable bonds is 30. The topological polar surface area (TPSA) is 414 Å². The van der Waals surface area contributed by atoms with Gasteiger partial charge in [-0.05, 0) is 54.3 Å². The maximum absolute atomic E-state index is 14.0. The lowest BCUT2D eigenvalue weighted by atomic mass is 9.86. The van der Waals surface area contributed by atoms with E-state index < -0.39 is 180 Å². The molecule has 0 aliphatic carbocycles. The maximum Gasteiger partial charge on any atom is 0.410 e. The number of aliphatic hydroxyl groups excluding tert-OH is 1. The highest BCUT2D eigenvalue weighted by Crippen LogP contribution is 2.41. The van der Waals surface area contributed by atoms with Crippen molar-refractivity contribution in [1.29, 1.82) is 0 Å². The molecule has 4 aliphatic heterocycles. The average Bonchev–Trinajstić information content (AvgIpc) is 0.792. The molecule has 1 amide bonds. The fraction of sp³-hybridized carbons (Fsp3) is 0.627. The van der Waals surface area contributed by atoms with E-state index in [9.17, 15) is 55.8 Å². The summed E-state index contributed by atoms with van der Waals surface area (Å²) in [5.74, 6) is -6.04. The smallest absolute Gasteiger partial charge is 0.410 e. The largest absolute Gasteiger partial charge is 0.467 e. The lowest BCUT2D eigenvalue weighted by Gasteiger charge is -2.50. The zero-order chi connectivity index (χ0) is 66.9. The van der Waals surface area contributed by atoms with Gasteiger partial charge in [0, 0.05) is 50.3 Å². The van der Waals surface area contributed by atoms with E-state index in [0.29, 0.717) is 37.9 Å². The predicted molar refractivity (Wildman–Crippen MR) is 316 cm³/mol. The molecule has 20 atom stereocenters. The van der Waals surface area contributed by atoms with Crippen LogP contribution in [0.4, 0.5) is 4.79 Å². The number of unbranched alkanes of at least 4 members (excludes halogenated alkanes) is 2. The molecule has 31 nitrogen and oxygen atoms in total. The first kappa shape index (κ1) is 73.4. The molecule has 4 fully saturated rings. The van der Waals surface area contributed by atoms with E-state index in [4.69, 9.17) is 75.7 Å². The van der Waals surface area contributed by atoms with Crippen molar-refractivity contribution in [3.05, 3.63) is 118 Å². The summed E-state index contributed by atoms with van der Waals surface area (Å²) in [4.78, 5) is 57.5. The Morgan fingerprint density at radius 2 is 1.14 bits per heavy atom. The molecular weight excluding hydrogens is 1260 g/mol. The molecule has 0 spiro atoms. The molecule has 7 rings (SSSR count). The molecule has 4 saturated heterocycles. The van der Waals surface area contributed by atoms with E-state index in [0.717, 1.165) is 32.1 Å². The van der Waals surface area contributed by atoms with Gasteiger partial charge in [0.2, 0.25) is 0 Å². The zero-order valence-electron chi connectivity index (χ0n) is 51.7. The Morgan fingerprint density at radius 1 is 0.620 bits per heavy atom. The van der Waals surface area contributed by atoms with Gasteiger partial charge >= 0.3 is 44.8 Å². The lowest BCUT2D eigenvalue weighted by molar-refractivity contribution is -0.361. The van der Waals surface area contributed by atoms with E-state index in [2.05, 4.69) is 10.0 Å². The molecule has 33 heteroatoms. The van der Waals surface area contributed by atoms with Gasteiger partial charge in [0.15, 0.2) is 43.5 Å². The summed E-state index contributed by atoms with van der Waals surface area (Å²) in [6.45, 7) is 7.07. The number of carbonyl (C=O) groups is 4. The van der Waals surface area contributed by atoms with Gasteiger partial charge in [-0.3, -0.25) is 18.7 Å². The number of nitrogens with two attached hydrogens (primary N) is 1. The third-order valence-electron chi connectivity index (χ3n) is 15.9. The molecule has 0 bridgehead atoms. The van der Waals surface area contributed by atoms with Crippen LogP contribution in [0.1, 0.15) is 77.5 Å². The summed E-state index contributed by atoms with van der Waals surface area (Å²) in [5.41, 5.74) is 19.2. The van der Waals surface area contributed by atoms with Crippen LogP contribution in [0.25, 0.3) is 10.4 Å². The summed E-state index contributed by atoms with van der Waals surface area (Å²) in [5, 5.41) is 15.3. The Hall–Kier alpha value is -6.05. The SMILES string of the molecule is COC(=O)C1O[C@@H](O[C@@H]2C(COS(=O)(=O)O)O[C@H](OCCCCCN(Cc3ccccc3)C(=O)OCc3ccccc3)C(N)[C@H]2C)C(OC(C)=O)[C@@H](C)[C@@H]1O[C@H]1OC(COS(=O)(=O)O)[C@@H](O[C@@H]2OC(C)[C@@H](O)[C@@H](OCc3ccccc3)C2OC(C)=O)[C@H](C)C1N=[N+]=[N-]. The highest BCUT2D eigenvalue weighted by atomic mass is 32.3. The van der Waals surface area contributed by atoms with E-state index >= 15 is 0 Å². The predicted octanol–water partition coefficient (Wildman–Crippen LogP) is 4.62. The number of benzene rings is 3. The Kier molecular flexibility index (Phi) is 27.4. The van der Waals surface area contributed by atoms with Crippen LogP contribution < -0.4 is 5.73 Å². The van der Waals surface area contributed by atoms with E-state index in [1.165, 1.54) is 20.8 Å². The third-order valence-corrected chi connectivity index (χ3v) is 16.8. The lowest BCUT2D eigenvalue weighted by Crippen LogP contribution is -2.65. The average molecular weight is 1340 g/mol. The normalized spacial score (nSPS) is 31.7. The van der Waals surface area contributed by atoms with Crippen molar-refractivity contribution in [3.8, 4) is 0 Å². The minimum Gasteiger partial charge on any atom is -0.467 e. The van der Waals surface area contributed by atoms with Gasteiger partial charge in [-0.25, -0.2) is 18.0 Å². The molecule has 0 aromatic heterocycles. The number of amides is 1. The van der Waals surface area contributed by atoms with Crippen LogP contribution >= 0.6 is 0 Å². The van der Waals surface area contributed by atoms with Crippen molar-refractivity contribution in [2.24, 2.45) is 28.6 Å². The number of aliphatic hydroxyl groups is 1. The standard InChI is InChI=1S/C59H81N5O26S2/c1-33-44(60)55(77-27-19-11-18-26-64(28-39-20-12-8-13-21-39)59(69)79-30-41-24-16-10-17-25-41)85-42(31-80-91(70,71)72)47(33)87-57-50(83-37(5)65)35(3)49(52(90-57)54(68)76-7)89-56-45(62-63-61)34(2)48(43(86-56)32-81-92(73,74)75)88-58-53(84-38(6)66)51(46(67)36(4)82-58)78-29-40-22-14-9-15-23-40/h8-10,12-17,20-25,33-36,42-53,55-58,67H,11,18-19,26-32,60H2,1-7H3,(H,70,71,72)(H,73,74,75)/t33-,34-,35+,36?,42?,43?,44?,45?,46-,47+,48+,49+,50?,51-,52?,53?,55+,56-,57-,58+/m1/s1. The number of carbonyl (C=O) groups excluding carboxylic acids is 4. The Bertz CT molecular complexity index is 3120. The van der Waals surface area contributed by atoms with Crippen molar-refractivity contribution < 1.29 is 120 Å². The van der Waals surface area contributed by atoms with Crippen molar-refractivity contribution in [2.75, 3.05) is 33.5 Å². The van der Waals surface area contributed by atoms with Gasteiger partial charge in [-0.1, -0.05) is 117 Å². The fourth-order valence-corrected chi connectivity index (χ4v) is 11.8. The molecule has 8 unspecified atom stereocenters. The van der Waals surface area contributed by atoms with E-state index in [1.807, 2.05) is 60.7 Å². The third kappa shape index (κ3) is 21.0. The van der Waals surface area contributed by atoms with Crippen LogP contribution in [0.5, 0.6) is 0 Å². The minimum absolute atomic E-state index is 0.0596. The van der Waals surface area contributed by atoms with Crippen molar-refractivity contribution in [2.45, 2.75) is 185 Å². The van der Waals surface area contributed by atoms with Crippen molar-refractivity contribution in [3.63, 3.8) is 0 Å². The van der Waals surface area contributed by atoms with Gasteiger partial charge in [-0.2, -0.15) is 16.8 Å². The summed E-state index contributed by atoms with van der Waals surface area (Å²) in [6.07, 6.45) is -21.4. The second-order valence-electron chi connectivity index (χ2n) is 22.6. The monoisotopic (exact) mass is 1340 g/mol. The first-order chi connectivity index (χ1) is 43.7. The Morgan fingerprint density at radius 3 is 1.70 bits per heavy atom. The second kappa shape index (κ2) is 34.4. The number of esters is 3. The summed E-state index contributed by atoms with van der Waals surface area (Å²) in [6, 6.07) is 25.1. The molecule has 510 valence electrons. The highest BCUT2D eigenvalue weighted by Gasteiger charge is 2.57. The van der Waals surface area contributed by atoms with Gasteiger partial charge in [0.25, 0.3) is 0 Å². The Balaban J connectivity index is 1.07. The zero-order valence-corrected chi connectivity index (χ0v) is 53.3. The first-order valence-corrected chi connectivity index (χ1v) is 32.5. The van der Waals surface area contributed by atoms with Crippen LogP contribution in [-0.2, 0) is 125 Å². The van der Waals surface area contributed by atoms with Crippen LogP contribution in [0.3, 0.4) is 0 Å².